The van der Waals surface area contributed by atoms with Gasteiger partial charge in [0, 0.05) is 11.5 Å². The molecule has 0 unspecified atom stereocenters. The summed E-state index contributed by atoms with van der Waals surface area (Å²) in [5, 5.41) is 0. The second-order valence-corrected chi connectivity index (χ2v) is 5.56. The van der Waals surface area contributed by atoms with Gasteiger partial charge in [0.05, 0.1) is 12.1 Å². The monoisotopic (exact) mass is 236 g/mol. The average Bonchev–Trinajstić information content (AvgIpc) is 2.11. The van der Waals surface area contributed by atoms with Gasteiger partial charge in [-0.2, -0.15) is 0 Å². The lowest BCUT2D eigenvalue weighted by atomic mass is 10.3. The van der Waals surface area contributed by atoms with E-state index in [1.807, 2.05) is 0 Å². The summed E-state index contributed by atoms with van der Waals surface area (Å²) < 4.78 is 0. The van der Waals surface area contributed by atoms with Crippen LogP contribution in [0.1, 0.15) is 13.8 Å². The second kappa shape index (κ2) is 7.28. The molecule has 0 rings (SSSR count). The Bertz CT molecular complexity index is 190. The zero-order valence-corrected chi connectivity index (χ0v) is 9.99. The van der Waals surface area contributed by atoms with Crippen molar-refractivity contribution in [2.24, 2.45) is 11.5 Å². The van der Waals surface area contributed by atoms with Crippen molar-refractivity contribution < 1.29 is 9.59 Å². The van der Waals surface area contributed by atoms with Gasteiger partial charge < -0.3 is 11.5 Å². The van der Waals surface area contributed by atoms with E-state index in [4.69, 9.17) is 11.5 Å². The molecule has 0 bridgehead atoms. The summed E-state index contributed by atoms with van der Waals surface area (Å²) in [5.74, 6) is 1.08. The molecule has 4 nitrogen and oxygen atoms in total. The zero-order chi connectivity index (χ0) is 11.1. The van der Waals surface area contributed by atoms with Crippen LogP contribution in [0.4, 0.5) is 0 Å². The molecule has 0 spiro atoms. The van der Waals surface area contributed by atoms with Crippen molar-refractivity contribution in [1.29, 1.82) is 0 Å². The first-order chi connectivity index (χ1) is 6.45. The molecule has 0 aromatic heterocycles. The van der Waals surface area contributed by atoms with Gasteiger partial charge in [0.15, 0.2) is 0 Å². The van der Waals surface area contributed by atoms with E-state index in [1.165, 1.54) is 35.4 Å². The summed E-state index contributed by atoms with van der Waals surface area (Å²) in [7, 11) is 2.95. The maximum atomic E-state index is 10.8. The van der Waals surface area contributed by atoms with Crippen LogP contribution in [0.2, 0.25) is 0 Å². The van der Waals surface area contributed by atoms with Crippen molar-refractivity contribution in [3.63, 3.8) is 0 Å². The minimum absolute atomic E-state index is 0.0195. The SMILES string of the molecule is CC(=O)[C@@H](N)CSSC[C@H](N)C(C)=O. The van der Waals surface area contributed by atoms with Gasteiger partial charge >= 0.3 is 0 Å². The minimum atomic E-state index is -0.416. The Morgan fingerprint density at radius 3 is 1.50 bits per heavy atom. The molecule has 0 amide bonds. The molecule has 14 heavy (non-hydrogen) atoms. The van der Waals surface area contributed by atoms with Gasteiger partial charge in [-0.3, -0.25) is 9.59 Å². The van der Waals surface area contributed by atoms with Gasteiger partial charge in [-0.25, -0.2) is 0 Å². The van der Waals surface area contributed by atoms with E-state index in [2.05, 4.69) is 0 Å². The zero-order valence-electron chi connectivity index (χ0n) is 8.36. The Hall–Kier alpha value is -0.0400. The maximum Gasteiger partial charge on any atom is 0.147 e. The summed E-state index contributed by atoms with van der Waals surface area (Å²) in [5.41, 5.74) is 11.0. The van der Waals surface area contributed by atoms with Gasteiger partial charge in [-0.15, -0.1) is 0 Å². The lowest BCUT2D eigenvalue weighted by Gasteiger charge is -2.08. The van der Waals surface area contributed by atoms with E-state index in [1.54, 1.807) is 0 Å². The number of hydrogen-bond donors (Lipinski definition) is 2. The first-order valence-corrected chi connectivity index (χ1v) is 6.70. The van der Waals surface area contributed by atoms with Crippen molar-refractivity contribution in [2.75, 3.05) is 11.5 Å². The molecular formula is C8H16N2O2S2. The van der Waals surface area contributed by atoms with E-state index in [-0.39, 0.29) is 11.6 Å². The lowest BCUT2D eigenvalue weighted by Crippen LogP contribution is -2.31. The van der Waals surface area contributed by atoms with Crippen LogP contribution in [0.25, 0.3) is 0 Å². The van der Waals surface area contributed by atoms with Crippen LogP contribution in [-0.2, 0) is 9.59 Å². The fourth-order valence-electron chi connectivity index (χ4n) is 0.478. The number of carbonyl (C=O) groups is 2. The molecule has 4 N–H and O–H groups in total. The fraction of sp³-hybridized carbons (Fsp3) is 0.750. The van der Waals surface area contributed by atoms with Gasteiger partial charge in [0.25, 0.3) is 0 Å². The first kappa shape index (κ1) is 14.0. The van der Waals surface area contributed by atoms with Crippen molar-refractivity contribution in [1.82, 2.24) is 0 Å². The molecule has 2 atom stereocenters. The van der Waals surface area contributed by atoms with E-state index < -0.39 is 12.1 Å². The van der Waals surface area contributed by atoms with Crippen molar-refractivity contribution in [2.45, 2.75) is 25.9 Å². The molecule has 82 valence electrons. The standard InChI is InChI=1S/C8H16N2O2S2/c1-5(11)7(9)3-13-14-4-8(10)6(2)12/h7-8H,3-4,9-10H2,1-2H3/t7-,8-/m0/s1. The van der Waals surface area contributed by atoms with E-state index >= 15 is 0 Å². The van der Waals surface area contributed by atoms with Crippen molar-refractivity contribution in [3.05, 3.63) is 0 Å². The largest absolute Gasteiger partial charge is 0.321 e. The Labute approximate surface area is 91.9 Å². The van der Waals surface area contributed by atoms with Crippen LogP contribution in [-0.4, -0.2) is 35.2 Å². The highest BCUT2D eigenvalue weighted by Crippen LogP contribution is 2.22. The maximum absolute atomic E-state index is 10.8. The molecular weight excluding hydrogens is 220 g/mol. The number of hydrogen-bond acceptors (Lipinski definition) is 6. The smallest absolute Gasteiger partial charge is 0.147 e. The minimum Gasteiger partial charge on any atom is -0.321 e. The van der Waals surface area contributed by atoms with Crippen LogP contribution in [0, 0.1) is 0 Å². The number of ketones is 2. The Balaban J connectivity index is 3.47. The fourth-order valence-corrected chi connectivity index (χ4v) is 2.89. The molecule has 6 heteroatoms. The third-order valence-electron chi connectivity index (χ3n) is 1.62. The topological polar surface area (TPSA) is 86.2 Å². The average molecular weight is 236 g/mol. The molecule has 0 heterocycles. The Morgan fingerprint density at radius 1 is 1.00 bits per heavy atom. The molecule has 0 saturated carbocycles. The highest BCUT2D eigenvalue weighted by atomic mass is 33.1. The number of Topliss-reactive ketones (excluding diaryl/α,β-unsaturated/α-hetero) is 2. The third-order valence-corrected chi connectivity index (χ3v) is 4.10. The quantitative estimate of drug-likeness (QED) is 0.485. The molecule has 0 fully saturated rings. The van der Waals surface area contributed by atoms with Crippen LogP contribution < -0.4 is 11.5 Å². The van der Waals surface area contributed by atoms with E-state index in [0.29, 0.717) is 11.5 Å². The van der Waals surface area contributed by atoms with Gasteiger partial charge in [-0.05, 0) is 13.8 Å². The number of nitrogens with two attached hydrogens (primary N) is 2. The highest BCUT2D eigenvalue weighted by Gasteiger charge is 2.10. The summed E-state index contributed by atoms with van der Waals surface area (Å²) in [6.07, 6.45) is 0. The highest BCUT2D eigenvalue weighted by molar-refractivity contribution is 8.76. The Kier molecular flexibility index (Phi) is 7.26. The van der Waals surface area contributed by atoms with Gasteiger partial charge in [0.2, 0.25) is 0 Å². The van der Waals surface area contributed by atoms with Gasteiger partial charge in [-0.1, -0.05) is 21.6 Å². The molecule has 0 aliphatic carbocycles. The van der Waals surface area contributed by atoms with Crippen LogP contribution in [0.5, 0.6) is 0 Å². The lowest BCUT2D eigenvalue weighted by molar-refractivity contribution is -0.118. The van der Waals surface area contributed by atoms with Crippen molar-refractivity contribution in [3.8, 4) is 0 Å². The first-order valence-electron chi connectivity index (χ1n) is 4.21. The summed E-state index contributed by atoms with van der Waals surface area (Å²) in [4.78, 5) is 21.5. The molecule has 0 aromatic rings. The number of rotatable bonds is 7. The molecule has 0 radical (unpaired) electrons. The second-order valence-electron chi connectivity index (χ2n) is 3.00. The van der Waals surface area contributed by atoms with E-state index in [0.717, 1.165) is 0 Å². The molecule has 0 saturated heterocycles. The van der Waals surface area contributed by atoms with Gasteiger partial charge in [0.1, 0.15) is 11.6 Å². The van der Waals surface area contributed by atoms with Crippen LogP contribution in [0.3, 0.4) is 0 Å². The predicted octanol–water partition coefficient (Wildman–Crippen LogP) is 0.200. The number of carbonyl (C=O) groups excluding carboxylic acids is 2. The Morgan fingerprint density at radius 2 is 1.29 bits per heavy atom. The van der Waals surface area contributed by atoms with E-state index in [9.17, 15) is 9.59 Å². The predicted molar refractivity (Wildman–Crippen MR) is 62.2 cm³/mol. The molecule has 0 aromatic carbocycles. The third kappa shape index (κ3) is 6.42. The normalized spacial score (nSPS) is 14.9. The summed E-state index contributed by atoms with van der Waals surface area (Å²) in [6.45, 7) is 2.94. The summed E-state index contributed by atoms with van der Waals surface area (Å²) >= 11 is 0. The summed E-state index contributed by atoms with van der Waals surface area (Å²) in [6, 6.07) is -0.831. The van der Waals surface area contributed by atoms with Crippen LogP contribution >= 0.6 is 21.6 Å². The molecule has 0 aliphatic rings. The van der Waals surface area contributed by atoms with Crippen LogP contribution in [0.15, 0.2) is 0 Å². The molecule has 0 aliphatic heterocycles. The van der Waals surface area contributed by atoms with Crippen molar-refractivity contribution >= 4 is 33.2 Å².